The van der Waals surface area contributed by atoms with Gasteiger partial charge in [-0.05, 0) is 12.8 Å². The van der Waals surface area contributed by atoms with E-state index in [0.29, 0.717) is 0 Å². The SMILES string of the molecule is CCC=CC=CC=CCCCC. The van der Waals surface area contributed by atoms with E-state index in [0.717, 1.165) is 6.42 Å². The van der Waals surface area contributed by atoms with Crippen molar-refractivity contribution in [1.29, 1.82) is 0 Å². The molecule has 12 heavy (non-hydrogen) atoms. The predicted octanol–water partition coefficient (Wildman–Crippen LogP) is 4.26. The molecule has 0 saturated heterocycles. The maximum Gasteiger partial charge on any atom is -0.0348 e. The topological polar surface area (TPSA) is 0 Å². The van der Waals surface area contributed by atoms with E-state index >= 15 is 0 Å². The van der Waals surface area contributed by atoms with Crippen LogP contribution in [-0.2, 0) is 0 Å². The molecule has 0 N–H and O–H groups in total. The minimum atomic E-state index is 1.11. The monoisotopic (exact) mass is 164 g/mol. The zero-order valence-corrected chi connectivity index (χ0v) is 8.29. The van der Waals surface area contributed by atoms with Gasteiger partial charge in [0.05, 0.1) is 0 Å². The van der Waals surface area contributed by atoms with Crippen molar-refractivity contribution >= 4 is 0 Å². The van der Waals surface area contributed by atoms with Crippen LogP contribution in [0.4, 0.5) is 0 Å². The molecular formula is C12H20. The smallest absolute Gasteiger partial charge is 0.0348 e. The van der Waals surface area contributed by atoms with Crippen LogP contribution in [0.1, 0.15) is 39.5 Å². The Kier molecular flexibility index (Phi) is 9.56. The predicted molar refractivity (Wildman–Crippen MR) is 57.2 cm³/mol. The molecule has 0 unspecified atom stereocenters. The highest BCUT2D eigenvalue weighted by molar-refractivity contribution is 5.10. The van der Waals surface area contributed by atoms with Crippen molar-refractivity contribution in [1.82, 2.24) is 0 Å². The summed E-state index contributed by atoms with van der Waals surface area (Å²) in [5.41, 5.74) is 0. The summed E-state index contributed by atoms with van der Waals surface area (Å²) >= 11 is 0. The highest BCUT2D eigenvalue weighted by atomic mass is 13.8. The van der Waals surface area contributed by atoms with Crippen molar-refractivity contribution in [2.24, 2.45) is 0 Å². The molecule has 0 nitrogen and oxygen atoms in total. The Hall–Kier alpha value is -0.780. The van der Waals surface area contributed by atoms with Gasteiger partial charge in [-0.2, -0.15) is 0 Å². The average molecular weight is 164 g/mol. The number of hydrogen-bond acceptors (Lipinski definition) is 0. The molecule has 0 aromatic carbocycles. The molecule has 0 aromatic heterocycles. The molecule has 0 fully saturated rings. The maximum absolute atomic E-state index is 2.22. The lowest BCUT2D eigenvalue weighted by atomic mass is 10.2. The summed E-state index contributed by atoms with van der Waals surface area (Å²) in [5, 5.41) is 0. The number of allylic oxidation sites excluding steroid dienone is 6. The van der Waals surface area contributed by atoms with Crippen LogP contribution in [0, 0.1) is 0 Å². The summed E-state index contributed by atoms with van der Waals surface area (Å²) in [6.45, 7) is 4.36. The molecular weight excluding hydrogens is 144 g/mol. The lowest BCUT2D eigenvalue weighted by molar-refractivity contribution is 0.815. The van der Waals surface area contributed by atoms with Crippen LogP contribution in [0.25, 0.3) is 0 Å². The quantitative estimate of drug-likeness (QED) is 0.406. The van der Waals surface area contributed by atoms with E-state index in [2.05, 4.69) is 50.3 Å². The van der Waals surface area contributed by atoms with Gasteiger partial charge in [0, 0.05) is 0 Å². The van der Waals surface area contributed by atoms with Crippen molar-refractivity contribution in [2.45, 2.75) is 39.5 Å². The van der Waals surface area contributed by atoms with Crippen molar-refractivity contribution in [3.63, 3.8) is 0 Å². The molecule has 0 amide bonds. The van der Waals surface area contributed by atoms with Crippen LogP contribution in [0.3, 0.4) is 0 Å². The summed E-state index contributed by atoms with van der Waals surface area (Å²) in [4.78, 5) is 0. The van der Waals surface area contributed by atoms with Crippen molar-refractivity contribution in [3.05, 3.63) is 36.5 Å². The summed E-state index contributed by atoms with van der Waals surface area (Å²) in [6, 6.07) is 0. The van der Waals surface area contributed by atoms with Crippen LogP contribution in [0.15, 0.2) is 36.5 Å². The van der Waals surface area contributed by atoms with E-state index < -0.39 is 0 Å². The van der Waals surface area contributed by atoms with Gasteiger partial charge in [0.15, 0.2) is 0 Å². The molecule has 0 rings (SSSR count). The first-order valence-corrected chi connectivity index (χ1v) is 4.90. The first-order valence-electron chi connectivity index (χ1n) is 4.90. The Morgan fingerprint density at radius 1 is 0.833 bits per heavy atom. The molecule has 0 aliphatic carbocycles. The molecule has 0 spiro atoms. The van der Waals surface area contributed by atoms with Gasteiger partial charge in [-0.1, -0.05) is 63.1 Å². The molecule has 0 aliphatic rings. The van der Waals surface area contributed by atoms with Gasteiger partial charge in [-0.3, -0.25) is 0 Å². The fourth-order valence-electron chi connectivity index (χ4n) is 0.840. The molecule has 0 heteroatoms. The molecule has 0 aliphatic heterocycles. The minimum Gasteiger partial charge on any atom is -0.0848 e. The van der Waals surface area contributed by atoms with Crippen LogP contribution < -0.4 is 0 Å². The standard InChI is InChI=1S/C12H20/c1-3-5-7-9-11-12-10-8-6-4-2/h5,7,9-12H,3-4,6,8H2,1-2H3. The molecule has 0 atom stereocenters. The van der Waals surface area contributed by atoms with Gasteiger partial charge in [0.25, 0.3) is 0 Å². The molecule has 0 heterocycles. The molecule has 68 valence electrons. The van der Waals surface area contributed by atoms with E-state index in [-0.39, 0.29) is 0 Å². The second kappa shape index (κ2) is 10.2. The van der Waals surface area contributed by atoms with E-state index in [1.165, 1.54) is 19.3 Å². The molecule has 0 saturated carbocycles. The van der Waals surface area contributed by atoms with Crippen molar-refractivity contribution in [2.75, 3.05) is 0 Å². The first kappa shape index (κ1) is 11.2. The zero-order chi connectivity index (χ0) is 9.07. The zero-order valence-electron chi connectivity index (χ0n) is 8.29. The lowest BCUT2D eigenvalue weighted by Crippen LogP contribution is -1.64. The summed E-state index contributed by atoms with van der Waals surface area (Å²) in [7, 11) is 0. The fourth-order valence-corrected chi connectivity index (χ4v) is 0.840. The number of unbranched alkanes of at least 4 members (excludes halogenated alkanes) is 2. The summed E-state index contributed by atoms with van der Waals surface area (Å²) in [5.74, 6) is 0. The van der Waals surface area contributed by atoms with Gasteiger partial charge in [-0.15, -0.1) is 0 Å². The molecule has 0 bridgehead atoms. The Bertz CT molecular complexity index is 149. The normalized spacial score (nSPS) is 12.5. The van der Waals surface area contributed by atoms with Gasteiger partial charge in [-0.25, -0.2) is 0 Å². The van der Waals surface area contributed by atoms with Gasteiger partial charge >= 0.3 is 0 Å². The van der Waals surface area contributed by atoms with Gasteiger partial charge in [0.1, 0.15) is 0 Å². The van der Waals surface area contributed by atoms with E-state index in [1.807, 2.05) is 0 Å². The van der Waals surface area contributed by atoms with Crippen molar-refractivity contribution < 1.29 is 0 Å². The highest BCUT2D eigenvalue weighted by Crippen LogP contribution is 1.94. The van der Waals surface area contributed by atoms with Crippen LogP contribution >= 0.6 is 0 Å². The molecule has 0 aromatic rings. The first-order chi connectivity index (χ1) is 5.91. The van der Waals surface area contributed by atoms with Gasteiger partial charge < -0.3 is 0 Å². The Morgan fingerprint density at radius 3 is 2.08 bits per heavy atom. The van der Waals surface area contributed by atoms with E-state index in [1.54, 1.807) is 0 Å². The van der Waals surface area contributed by atoms with Crippen LogP contribution in [-0.4, -0.2) is 0 Å². The number of rotatable bonds is 6. The third-order valence-electron chi connectivity index (χ3n) is 1.57. The fraction of sp³-hybridized carbons (Fsp3) is 0.500. The maximum atomic E-state index is 2.22. The van der Waals surface area contributed by atoms with Crippen LogP contribution in [0.5, 0.6) is 0 Å². The Labute approximate surface area is 76.7 Å². The number of hydrogen-bond donors (Lipinski definition) is 0. The largest absolute Gasteiger partial charge is 0.0848 e. The second-order valence-corrected chi connectivity index (χ2v) is 2.79. The summed E-state index contributed by atoms with van der Waals surface area (Å²) < 4.78 is 0. The van der Waals surface area contributed by atoms with Crippen molar-refractivity contribution in [3.8, 4) is 0 Å². The summed E-state index contributed by atoms with van der Waals surface area (Å²) in [6.07, 6.45) is 17.6. The van der Waals surface area contributed by atoms with Crippen LogP contribution in [0.2, 0.25) is 0 Å². The molecule has 0 radical (unpaired) electrons. The van der Waals surface area contributed by atoms with Gasteiger partial charge in [0.2, 0.25) is 0 Å². The second-order valence-electron chi connectivity index (χ2n) is 2.79. The third-order valence-corrected chi connectivity index (χ3v) is 1.57. The highest BCUT2D eigenvalue weighted by Gasteiger charge is 1.74. The average Bonchev–Trinajstić information content (AvgIpc) is 2.10. The lowest BCUT2D eigenvalue weighted by Gasteiger charge is -1.85. The third kappa shape index (κ3) is 9.22. The van der Waals surface area contributed by atoms with E-state index in [4.69, 9.17) is 0 Å². The Balaban J connectivity index is 3.32. The minimum absolute atomic E-state index is 1.11. The Morgan fingerprint density at radius 2 is 1.50 bits per heavy atom. The van der Waals surface area contributed by atoms with E-state index in [9.17, 15) is 0 Å².